The van der Waals surface area contributed by atoms with Gasteiger partial charge in [-0.05, 0) is 37.0 Å². The molecule has 0 aliphatic carbocycles. The second kappa shape index (κ2) is 6.17. The zero-order chi connectivity index (χ0) is 15.5. The number of rotatable bonds is 2. The Labute approximate surface area is 128 Å². The third-order valence-corrected chi connectivity index (χ3v) is 3.97. The SMILES string of the molecule is Cn1cc(NC(=O)N2CCCC[C@H]2c2ccc(F)cc2)cn1. The van der Waals surface area contributed by atoms with Crippen LogP contribution in [0.25, 0.3) is 0 Å². The summed E-state index contributed by atoms with van der Waals surface area (Å²) in [5, 5.41) is 6.92. The molecule has 1 fully saturated rings. The summed E-state index contributed by atoms with van der Waals surface area (Å²) in [7, 11) is 1.80. The summed E-state index contributed by atoms with van der Waals surface area (Å²) in [5.41, 5.74) is 1.65. The van der Waals surface area contributed by atoms with Gasteiger partial charge >= 0.3 is 6.03 Å². The van der Waals surface area contributed by atoms with Crippen LogP contribution in [0.5, 0.6) is 0 Å². The lowest BCUT2D eigenvalue weighted by atomic mass is 9.95. The van der Waals surface area contributed by atoms with E-state index in [2.05, 4.69) is 10.4 Å². The number of nitrogens with one attached hydrogen (secondary N) is 1. The van der Waals surface area contributed by atoms with Crippen molar-refractivity contribution < 1.29 is 9.18 Å². The molecule has 1 aliphatic rings. The maximum Gasteiger partial charge on any atom is 0.322 e. The second-order valence-corrected chi connectivity index (χ2v) is 5.59. The third-order valence-electron chi connectivity index (χ3n) is 3.97. The number of halogens is 1. The monoisotopic (exact) mass is 302 g/mol. The van der Waals surface area contributed by atoms with Gasteiger partial charge < -0.3 is 10.2 Å². The molecule has 0 bridgehead atoms. The number of likely N-dealkylation sites (tertiary alicyclic amines) is 1. The van der Waals surface area contributed by atoms with Crippen LogP contribution < -0.4 is 5.32 Å². The fourth-order valence-corrected chi connectivity index (χ4v) is 2.89. The molecule has 2 amide bonds. The molecular formula is C16H19FN4O. The van der Waals surface area contributed by atoms with Crippen molar-refractivity contribution in [2.45, 2.75) is 25.3 Å². The molecule has 1 N–H and O–H groups in total. The third kappa shape index (κ3) is 3.10. The van der Waals surface area contributed by atoms with Gasteiger partial charge in [0.1, 0.15) is 5.82 Å². The normalized spacial score (nSPS) is 18.3. The number of amides is 2. The zero-order valence-electron chi connectivity index (χ0n) is 12.5. The van der Waals surface area contributed by atoms with Gasteiger partial charge in [0.15, 0.2) is 0 Å². The number of hydrogen-bond acceptors (Lipinski definition) is 2. The Morgan fingerprint density at radius 3 is 2.77 bits per heavy atom. The van der Waals surface area contributed by atoms with Crippen LogP contribution in [0.1, 0.15) is 30.9 Å². The van der Waals surface area contributed by atoms with Crippen LogP contribution in [0, 0.1) is 5.82 Å². The van der Waals surface area contributed by atoms with E-state index in [-0.39, 0.29) is 17.9 Å². The first kappa shape index (κ1) is 14.6. The maximum atomic E-state index is 13.1. The number of urea groups is 1. The fourth-order valence-electron chi connectivity index (χ4n) is 2.89. The number of hydrogen-bond donors (Lipinski definition) is 1. The van der Waals surface area contributed by atoms with Crippen LogP contribution in [0.2, 0.25) is 0 Å². The van der Waals surface area contributed by atoms with Gasteiger partial charge in [-0.1, -0.05) is 12.1 Å². The first-order valence-electron chi connectivity index (χ1n) is 7.45. The number of nitrogens with zero attached hydrogens (tertiary/aromatic N) is 3. The summed E-state index contributed by atoms with van der Waals surface area (Å²) in [6.07, 6.45) is 6.33. The lowest BCUT2D eigenvalue weighted by molar-refractivity contribution is 0.163. The lowest BCUT2D eigenvalue weighted by Crippen LogP contribution is -2.41. The zero-order valence-corrected chi connectivity index (χ0v) is 12.5. The summed E-state index contributed by atoms with van der Waals surface area (Å²) in [6.45, 7) is 0.703. The van der Waals surface area contributed by atoms with Crippen molar-refractivity contribution >= 4 is 11.7 Å². The highest BCUT2D eigenvalue weighted by molar-refractivity contribution is 5.89. The quantitative estimate of drug-likeness (QED) is 0.925. The van der Waals surface area contributed by atoms with E-state index in [9.17, 15) is 9.18 Å². The average molecular weight is 302 g/mol. The highest BCUT2D eigenvalue weighted by Gasteiger charge is 2.28. The van der Waals surface area contributed by atoms with Gasteiger partial charge in [0.05, 0.1) is 17.9 Å². The molecule has 116 valence electrons. The van der Waals surface area contributed by atoms with Crippen molar-refractivity contribution in [1.82, 2.24) is 14.7 Å². The van der Waals surface area contributed by atoms with Crippen LogP contribution in [0.15, 0.2) is 36.7 Å². The molecular weight excluding hydrogens is 283 g/mol. The van der Waals surface area contributed by atoms with Gasteiger partial charge in [-0.2, -0.15) is 5.10 Å². The van der Waals surface area contributed by atoms with E-state index in [1.165, 1.54) is 12.1 Å². The van der Waals surface area contributed by atoms with Crippen LogP contribution >= 0.6 is 0 Å². The highest BCUT2D eigenvalue weighted by atomic mass is 19.1. The van der Waals surface area contributed by atoms with Crippen molar-refractivity contribution in [2.75, 3.05) is 11.9 Å². The number of anilines is 1. The molecule has 2 aromatic rings. The van der Waals surface area contributed by atoms with Crippen LogP contribution in [0.3, 0.4) is 0 Å². The van der Waals surface area contributed by atoms with Crippen LogP contribution in [-0.2, 0) is 7.05 Å². The van der Waals surface area contributed by atoms with E-state index >= 15 is 0 Å². The summed E-state index contributed by atoms with van der Waals surface area (Å²) in [6, 6.07) is 6.27. The van der Waals surface area contributed by atoms with E-state index in [1.54, 1.807) is 36.3 Å². The Morgan fingerprint density at radius 1 is 1.32 bits per heavy atom. The molecule has 1 aromatic carbocycles. The molecule has 3 rings (SSSR count). The van der Waals surface area contributed by atoms with Crippen molar-refractivity contribution in [1.29, 1.82) is 0 Å². The number of piperidine rings is 1. The molecule has 0 unspecified atom stereocenters. The maximum absolute atomic E-state index is 13.1. The molecule has 2 heterocycles. The highest BCUT2D eigenvalue weighted by Crippen LogP contribution is 2.31. The number of aromatic nitrogens is 2. The number of carbonyl (C=O) groups is 1. The topological polar surface area (TPSA) is 50.2 Å². The molecule has 6 heteroatoms. The largest absolute Gasteiger partial charge is 0.322 e. The molecule has 22 heavy (non-hydrogen) atoms. The average Bonchev–Trinajstić information content (AvgIpc) is 2.93. The number of carbonyl (C=O) groups excluding carboxylic acids is 1. The molecule has 1 atom stereocenters. The molecule has 1 saturated heterocycles. The van der Waals surface area contributed by atoms with E-state index in [0.29, 0.717) is 12.2 Å². The second-order valence-electron chi connectivity index (χ2n) is 5.59. The minimum absolute atomic E-state index is 0.00831. The van der Waals surface area contributed by atoms with Gasteiger partial charge in [-0.15, -0.1) is 0 Å². The summed E-state index contributed by atoms with van der Waals surface area (Å²) >= 11 is 0. The first-order chi connectivity index (χ1) is 10.6. The Balaban J connectivity index is 1.77. The van der Waals surface area contributed by atoms with Gasteiger partial charge in [-0.3, -0.25) is 4.68 Å². The summed E-state index contributed by atoms with van der Waals surface area (Å²) in [4.78, 5) is 14.4. The minimum atomic E-state index is -0.258. The molecule has 0 radical (unpaired) electrons. The van der Waals surface area contributed by atoms with E-state index in [4.69, 9.17) is 0 Å². The predicted octanol–water partition coefficient (Wildman–Crippen LogP) is 3.32. The Hall–Kier alpha value is -2.37. The standard InChI is InChI=1S/C16H19FN4O/c1-20-11-14(10-18-20)19-16(22)21-9-3-2-4-15(21)12-5-7-13(17)8-6-12/h5-8,10-11,15H,2-4,9H2,1H3,(H,19,22)/t15-/m0/s1. The van der Waals surface area contributed by atoms with Crippen LogP contribution in [-0.4, -0.2) is 27.3 Å². The molecule has 1 aromatic heterocycles. The van der Waals surface area contributed by atoms with Gasteiger partial charge in [0, 0.05) is 19.8 Å². The summed E-state index contributed by atoms with van der Waals surface area (Å²) in [5.74, 6) is -0.258. The fraction of sp³-hybridized carbons (Fsp3) is 0.375. The Kier molecular flexibility index (Phi) is 4.09. The summed E-state index contributed by atoms with van der Waals surface area (Å²) < 4.78 is 14.7. The lowest BCUT2D eigenvalue weighted by Gasteiger charge is -2.36. The minimum Gasteiger partial charge on any atom is -0.317 e. The van der Waals surface area contributed by atoms with Crippen molar-refractivity contribution in [3.8, 4) is 0 Å². The molecule has 1 aliphatic heterocycles. The first-order valence-corrected chi connectivity index (χ1v) is 7.45. The number of aryl methyl sites for hydroxylation is 1. The van der Waals surface area contributed by atoms with Gasteiger partial charge in [0.25, 0.3) is 0 Å². The molecule has 5 nitrogen and oxygen atoms in total. The van der Waals surface area contributed by atoms with Crippen molar-refractivity contribution in [2.24, 2.45) is 7.05 Å². The number of benzene rings is 1. The van der Waals surface area contributed by atoms with E-state index in [0.717, 1.165) is 24.8 Å². The van der Waals surface area contributed by atoms with Crippen LogP contribution in [0.4, 0.5) is 14.9 Å². The predicted molar refractivity (Wildman–Crippen MR) is 81.9 cm³/mol. The Morgan fingerprint density at radius 2 is 2.09 bits per heavy atom. The van der Waals surface area contributed by atoms with Gasteiger partial charge in [-0.25, -0.2) is 9.18 Å². The molecule has 0 saturated carbocycles. The van der Waals surface area contributed by atoms with Gasteiger partial charge in [0.2, 0.25) is 0 Å². The van der Waals surface area contributed by atoms with Crippen molar-refractivity contribution in [3.63, 3.8) is 0 Å². The van der Waals surface area contributed by atoms with Crippen molar-refractivity contribution in [3.05, 3.63) is 48.0 Å². The van der Waals surface area contributed by atoms with E-state index in [1.807, 2.05) is 4.90 Å². The molecule has 0 spiro atoms. The smallest absolute Gasteiger partial charge is 0.317 e. The Bertz CT molecular complexity index is 652. The van der Waals surface area contributed by atoms with E-state index < -0.39 is 0 Å².